The fourth-order valence-electron chi connectivity index (χ4n) is 1.52. The Hall–Kier alpha value is -1.33. The molecule has 0 aliphatic rings. The van der Waals surface area contributed by atoms with Crippen molar-refractivity contribution in [3.05, 3.63) is 22.8 Å². The maximum absolute atomic E-state index is 10.9. The molecule has 0 saturated carbocycles. The van der Waals surface area contributed by atoms with Crippen LogP contribution in [0.1, 0.15) is 24.2 Å². The molecule has 0 atom stereocenters. The normalized spacial score (nSPS) is 10.4. The second kappa shape index (κ2) is 7.18. The lowest BCUT2D eigenvalue weighted by molar-refractivity contribution is 0.0697. The van der Waals surface area contributed by atoms with Crippen molar-refractivity contribution >= 4 is 23.4 Å². The Kier molecular flexibility index (Phi) is 5.88. The van der Waals surface area contributed by atoms with Gasteiger partial charge in [-0.25, -0.2) is 9.78 Å². The summed E-state index contributed by atoms with van der Waals surface area (Å²) in [7, 11) is 0. The largest absolute Gasteiger partial charge is 0.478 e. The van der Waals surface area contributed by atoms with Gasteiger partial charge in [0.15, 0.2) is 0 Å². The maximum Gasteiger partial charge on any atom is 0.335 e. The molecule has 18 heavy (non-hydrogen) atoms. The van der Waals surface area contributed by atoms with Gasteiger partial charge in [0.1, 0.15) is 11.0 Å². The molecule has 0 bridgehead atoms. The molecule has 6 heteroatoms. The number of anilines is 1. The number of likely N-dealkylation sites (N-methyl/N-ethyl adjacent to an activating group) is 1. The van der Waals surface area contributed by atoms with E-state index in [-0.39, 0.29) is 10.7 Å². The third kappa shape index (κ3) is 4.16. The molecule has 0 radical (unpaired) electrons. The van der Waals surface area contributed by atoms with Crippen LogP contribution in [0.25, 0.3) is 0 Å². The van der Waals surface area contributed by atoms with Crippen LogP contribution in [0.5, 0.6) is 0 Å². The fourth-order valence-corrected chi connectivity index (χ4v) is 1.73. The maximum atomic E-state index is 10.9. The Morgan fingerprint density at radius 1 is 1.50 bits per heavy atom. The lowest BCUT2D eigenvalue weighted by atomic mass is 10.2. The zero-order valence-electron chi connectivity index (χ0n) is 10.5. The summed E-state index contributed by atoms with van der Waals surface area (Å²) in [6, 6.07) is 2.85. The predicted molar refractivity (Wildman–Crippen MR) is 70.6 cm³/mol. The summed E-state index contributed by atoms with van der Waals surface area (Å²) < 4.78 is 5.28. The molecule has 100 valence electrons. The number of carboxylic acids is 1. The van der Waals surface area contributed by atoms with Gasteiger partial charge in [-0.1, -0.05) is 11.6 Å². The highest BCUT2D eigenvalue weighted by Crippen LogP contribution is 2.18. The summed E-state index contributed by atoms with van der Waals surface area (Å²) in [4.78, 5) is 17.0. The summed E-state index contributed by atoms with van der Waals surface area (Å²) in [6.07, 6.45) is 0. The number of aromatic nitrogens is 1. The lowest BCUT2D eigenvalue weighted by Crippen LogP contribution is -2.28. The average Bonchev–Trinajstić information content (AvgIpc) is 2.34. The molecule has 0 unspecified atom stereocenters. The summed E-state index contributed by atoms with van der Waals surface area (Å²) >= 11 is 5.82. The first-order chi connectivity index (χ1) is 8.58. The first-order valence-corrected chi connectivity index (χ1v) is 6.19. The number of carboxylic acid groups (broad SMARTS) is 1. The van der Waals surface area contributed by atoms with Gasteiger partial charge >= 0.3 is 5.97 Å². The summed E-state index contributed by atoms with van der Waals surface area (Å²) in [5.74, 6) is -0.455. The second-order valence-electron chi connectivity index (χ2n) is 3.62. The number of rotatable bonds is 7. The molecule has 0 fully saturated rings. The van der Waals surface area contributed by atoms with Crippen molar-refractivity contribution in [2.24, 2.45) is 0 Å². The zero-order valence-corrected chi connectivity index (χ0v) is 11.3. The van der Waals surface area contributed by atoms with Crippen LogP contribution in [0.3, 0.4) is 0 Å². The smallest absolute Gasteiger partial charge is 0.335 e. The van der Waals surface area contributed by atoms with Crippen LogP contribution < -0.4 is 4.90 Å². The standard InChI is InChI=1S/C12H17ClN2O3/c1-3-15(5-6-18-4-2)11-8-9(12(16)17)7-10(13)14-11/h7-8H,3-6H2,1-2H3,(H,16,17). The second-order valence-corrected chi connectivity index (χ2v) is 4.01. The molecule has 0 spiro atoms. The van der Waals surface area contributed by atoms with Gasteiger partial charge < -0.3 is 14.7 Å². The van der Waals surface area contributed by atoms with E-state index in [0.717, 1.165) is 0 Å². The highest BCUT2D eigenvalue weighted by atomic mass is 35.5. The molecule has 0 saturated heterocycles. The third-order valence-corrected chi connectivity index (χ3v) is 2.64. The van der Waals surface area contributed by atoms with Gasteiger partial charge in [0.05, 0.1) is 12.2 Å². The van der Waals surface area contributed by atoms with Gasteiger partial charge in [0.25, 0.3) is 0 Å². The van der Waals surface area contributed by atoms with Gasteiger partial charge in [-0.2, -0.15) is 0 Å². The number of nitrogens with zero attached hydrogens (tertiary/aromatic N) is 2. The number of halogens is 1. The van der Waals surface area contributed by atoms with Crippen LogP contribution in [0.15, 0.2) is 12.1 Å². The number of aromatic carboxylic acids is 1. The SMILES string of the molecule is CCOCCN(CC)c1cc(C(=O)O)cc(Cl)n1. The van der Waals surface area contributed by atoms with Crippen LogP contribution in [-0.4, -0.2) is 42.4 Å². The van der Waals surface area contributed by atoms with Gasteiger partial charge in [-0.3, -0.25) is 0 Å². The van der Waals surface area contributed by atoms with E-state index in [4.69, 9.17) is 21.4 Å². The van der Waals surface area contributed by atoms with E-state index in [1.165, 1.54) is 12.1 Å². The Morgan fingerprint density at radius 3 is 2.78 bits per heavy atom. The molecule has 0 amide bonds. The lowest BCUT2D eigenvalue weighted by Gasteiger charge is -2.22. The summed E-state index contributed by atoms with van der Waals surface area (Å²) in [5.41, 5.74) is 0.139. The van der Waals surface area contributed by atoms with E-state index < -0.39 is 5.97 Å². The quantitative estimate of drug-likeness (QED) is 0.609. The molecule has 1 aromatic rings. The minimum Gasteiger partial charge on any atom is -0.478 e. The number of hydrogen-bond donors (Lipinski definition) is 1. The van der Waals surface area contributed by atoms with Crippen molar-refractivity contribution in [1.29, 1.82) is 0 Å². The predicted octanol–water partition coefficient (Wildman–Crippen LogP) is 2.30. The van der Waals surface area contributed by atoms with Crippen molar-refractivity contribution in [1.82, 2.24) is 4.98 Å². The van der Waals surface area contributed by atoms with E-state index in [1.807, 2.05) is 18.7 Å². The van der Waals surface area contributed by atoms with Gasteiger partial charge in [0, 0.05) is 19.7 Å². The summed E-state index contributed by atoms with van der Waals surface area (Å²) in [6.45, 7) is 6.48. The van der Waals surface area contributed by atoms with Crippen LogP contribution in [0.2, 0.25) is 5.15 Å². The number of ether oxygens (including phenoxy) is 1. The molecular weight excluding hydrogens is 256 g/mol. The van der Waals surface area contributed by atoms with Crippen LogP contribution in [0.4, 0.5) is 5.82 Å². The fraction of sp³-hybridized carbons (Fsp3) is 0.500. The van der Waals surface area contributed by atoms with Gasteiger partial charge in [-0.05, 0) is 26.0 Å². The zero-order chi connectivity index (χ0) is 13.5. The van der Waals surface area contributed by atoms with E-state index in [1.54, 1.807) is 0 Å². The van der Waals surface area contributed by atoms with Gasteiger partial charge in [-0.15, -0.1) is 0 Å². The van der Waals surface area contributed by atoms with Crippen molar-refractivity contribution in [3.63, 3.8) is 0 Å². The summed E-state index contributed by atoms with van der Waals surface area (Å²) in [5, 5.41) is 9.15. The van der Waals surface area contributed by atoms with Crippen LogP contribution >= 0.6 is 11.6 Å². The Labute approximate surface area is 111 Å². The molecule has 1 rings (SSSR count). The number of hydrogen-bond acceptors (Lipinski definition) is 4. The number of carbonyl (C=O) groups is 1. The highest BCUT2D eigenvalue weighted by Gasteiger charge is 2.11. The van der Waals surface area contributed by atoms with Crippen LogP contribution in [-0.2, 0) is 4.74 Å². The molecule has 0 aromatic carbocycles. The van der Waals surface area contributed by atoms with E-state index in [2.05, 4.69) is 4.98 Å². The minimum atomic E-state index is -1.01. The first kappa shape index (κ1) is 14.7. The number of pyridine rings is 1. The van der Waals surface area contributed by atoms with Crippen molar-refractivity contribution in [2.75, 3.05) is 31.2 Å². The first-order valence-electron chi connectivity index (χ1n) is 5.82. The van der Waals surface area contributed by atoms with Gasteiger partial charge in [0.2, 0.25) is 0 Å². The molecule has 0 aliphatic carbocycles. The molecule has 0 aliphatic heterocycles. The molecule has 5 nitrogen and oxygen atoms in total. The molecule has 1 N–H and O–H groups in total. The minimum absolute atomic E-state index is 0.139. The molecule has 1 aromatic heterocycles. The monoisotopic (exact) mass is 272 g/mol. The van der Waals surface area contributed by atoms with Crippen molar-refractivity contribution < 1.29 is 14.6 Å². The van der Waals surface area contributed by atoms with Crippen LogP contribution in [0, 0.1) is 0 Å². The molecular formula is C12H17ClN2O3. The Bertz CT molecular complexity index is 412. The van der Waals surface area contributed by atoms with E-state index in [0.29, 0.717) is 32.1 Å². The topological polar surface area (TPSA) is 62.7 Å². The average molecular weight is 273 g/mol. The third-order valence-electron chi connectivity index (χ3n) is 2.44. The Balaban J connectivity index is 2.87. The van der Waals surface area contributed by atoms with Crippen molar-refractivity contribution in [3.8, 4) is 0 Å². The van der Waals surface area contributed by atoms with E-state index >= 15 is 0 Å². The van der Waals surface area contributed by atoms with E-state index in [9.17, 15) is 4.79 Å². The highest BCUT2D eigenvalue weighted by molar-refractivity contribution is 6.29. The molecule has 1 heterocycles. The van der Waals surface area contributed by atoms with Crippen molar-refractivity contribution in [2.45, 2.75) is 13.8 Å². The Morgan fingerprint density at radius 2 is 2.22 bits per heavy atom.